The Kier molecular flexibility index (Phi) is 11.4. The number of amides is 1. The molecule has 1 aliphatic heterocycles. The first-order chi connectivity index (χ1) is 13.8. The van der Waals surface area contributed by atoms with Gasteiger partial charge >= 0.3 is 0 Å². The number of rotatable bonds is 6. The largest absolute Gasteiger partial charge is 0.341 e. The van der Waals surface area contributed by atoms with Crippen molar-refractivity contribution in [2.24, 2.45) is 0 Å². The summed E-state index contributed by atoms with van der Waals surface area (Å²) in [6.45, 7) is 1.57. The molecule has 172 valence electrons. The summed E-state index contributed by atoms with van der Waals surface area (Å²) in [6, 6.07) is 11.7. The molecule has 1 aliphatic rings. The zero-order valence-electron chi connectivity index (χ0n) is 17.0. The summed E-state index contributed by atoms with van der Waals surface area (Å²) in [7, 11) is 1.73. The third-order valence-corrected chi connectivity index (χ3v) is 6.39. The van der Waals surface area contributed by atoms with Gasteiger partial charge in [-0.05, 0) is 67.4 Å². The number of nitrogens with one attached hydrogen (secondary N) is 1. The molecule has 1 unspecified atom stereocenters. The zero-order valence-corrected chi connectivity index (χ0v) is 21.9. The fourth-order valence-corrected chi connectivity index (χ4v) is 5.27. The Balaban J connectivity index is 0.00000240. The molecule has 1 N–H and O–H groups in total. The average Bonchev–Trinajstić information content (AvgIpc) is 2.66. The Hall–Kier alpha value is -0.730. The second-order valence-corrected chi connectivity index (χ2v) is 9.45. The zero-order chi connectivity index (χ0) is 21.0. The predicted molar refractivity (Wildman–Crippen MR) is 133 cm³/mol. The maximum Gasteiger partial charge on any atom is 0.223 e. The van der Waals surface area contributed by atoms with Crippen LogP contribution in [0.2, 0.25) is 0 Å². The van der Waals surface area contributed by atoms with Crippen molar-refractivity contribution in [2.75, 3.05) is 20.1 Å². The van der Waals surface area contributed by atoms with Crippen LogP contribution in [0.15, 0.2) is 51.4 Å². The second-order valence-electron chi connectivity index (χ2n) is 7.62. The van der Waals surface area contributed by atoms with Crippen LogP contribution in [0.1, 0.15) is 36.3 Å². The summed E-state index contributed by atoms with van der Waals surface area (Å²) in [4.78, 5) is 14.6. The van der Waals surface area contributed by atoms with Gasteiger partial charge in [-0.25, -0.2) is 8.78 Å². The molecule has 1 amide bonds. The molecule has 2 aromatic rings. The SMILES string of the molecule is CN(Cc1cc(Br)cc(Br)c1)C(=O)CC(c1ccc(F)cc1)C1(F)CCNCC1.Cl.Cl. The normalized spacial score (nSPS) is 15.9. The van der Waals surface area contributed by atoms with Crippen LogP contribution in [0.3, 0.4) is 0 Å². The summed E-state index contributed by atoms with van der Waals surface area (Å²) in [5.74, 6) is -1.10. The van der Waals surface area contributed by atoms with Gasteiger partial charge in [0.25, 0.3) is 0 Å². The first-order valence-corrected chi connectivity index (χ1v) is 11.2. The monoisotopic (exact) mass is 600 g/mol. The molecule has 1 atom stereocenters. The maximum atomic E-state index is 15.9. The van der Waals surface area contributed by atoms with E-state index in [0.717, 1.165) is 14.5 Å². The van der Waals surface area contributed by atoms with Crippen LogP contribution in [0.5, 0.6) is 0 Å². The standard InChI is InChI=1S/C22H24Br2F2N2O.2ClH/c1-28(14-15-10-17(23)12-18(24)11-15)21(29)13-20(16-2-4-19(25)5-3-16)22(26)6-8-27-9-7-22;;/h2-5,10-12,20,27H,6-9,13-14H2,1H3;2*1H. The Morgan fingerprint density at radius 3 is 2.19 bits per heavy atom. The van der Waals surface area contributed by atoms with Crippen molar-refractivity contribution >= 4 is 62.6 Å². The number of carbonyl (C=O) groups excluding carboxylic acids is 1. The number of hydrogen-bond acceptors (Lipinski definition) is 2. The highest BCUT2D eigenvalue weighted by atomic mass is 79.9. The Bertz CT molecular complexity index is 845. The number of piperidine rings is 1. The first-order valence-electron chi connectivity index (χ1n) is 9.61. The van der Waals surface area contributed by atoms with Crippen LogP contribution in [0.4, 0.5) is 8.78 Å². The molecule has 0 saturated carbocycles. The average molecular weight is 603 g/mol. The molecule has 1 saturated heterocycles. The van der Waals surface area contributed by atoms with Crippen molar-refractivity contribution in [3.8, 4) is 0 Å². The van der Waals surface area contributed by atoms with Crippen LogP contribution in [-0.4, -0.2) is 36.6 Å². The topological polar surface area (TPSA) is 32.3 Å². The lowest BCUT2D eigenvalue weighted by molar-refractivity contribution is -0.132. The second kappa shape index (κ2) is 12.5. The third-order valence-electron chi connectivity index (χ3n) is 5.48. The van der Waals surface area contributed by atoms with Crippen molar-refractivity contribution in [3.63, 3.8) is 0 Å². The van der Waals surface area contributed by atoms with E-state index < -0.39 is 11.6 Å². The molecule has 1 heterocycles. The lowest BCUT2D eigenvalue weighted by atomic mass is 9.75. The number of nitrogens with zero attached hydrogens (tertiary/aromatic N) is 1. The van der Waals surface area contributed by atoms with E-state index in [0.29, 0.717) is 38.0 Å². The minimum absolute atomic E-state index is 0. The number of hydrogen-bond donors (Lipinski definition) is 1. The smallest absolute Gasteiger partial charge is 0.223 e. The molecule has 3 rings (SSSR count). The van der Waals surface area contributed by atoms with E-state index in [4.69, 9.17) is 0 Å². The van der Waals surface area contributed by atoms with Crippen LogP contribution < -0.4 is 5.32 Å². The van der Waals surface area contributed by atoms with Gasteiger partial charge in [-0.1, -0.05) is 44.0 Å². The van der Waals surface area contributed by atoms with Crippen LogP contribution in [-0.2, 0) is 11.3 Å². The first kappa shape index (κ1) is 28.3. The molecule has 3 nitrogen and oxygen atoms in total. The van der Waals surface area contributed by atoms with Gasteiger partial charge in [0.1, 0.15) is 11.5 Å². The Morgan fingerprint density at radius 2 is 1.65 bits per heavy atom. The van der Waals surface area contributed by atoms with E-state index in [9.17, 15) is 9.18 Å². The number of halogens is 6. The van der Waals surface area contributed by atoms with E-state index in [2.05, 4.69) is 37.2 Å². The maximum absolute atomic E-state index is 15.9. The highest BCUT2D eigenvalue weighted by Gasteiger charge is 2.42. The number of benzene rings is 2. The third kappa shape index (κ3) is 7.67. The van der Waals surface area contributed by atoms with Crippen LogP contribution in [0.25, 0.3) is 0 Å². The molecule has 0 aliphatic carbocycles. The molecule has 2 aromatic carbocycles. The van der Waals surface area contributed by atoms with E-state index >= 15 is 4.39 Å². The highest BCUT2D eigenvalue weighted by molar-refractivity contribution is 9.11. The Labute approximate surface area is 211 Å². The van der Waals surface area contributed by atoms with E-state index in [1.165, 1.54) is 12.1 Å². The van der Waals surface area contributed by atoms with Crippen molar-refractivity contribution in [1.29, 1.82) is 0 Å². The van der Waals surface area contributed by atoms with Crippen molar-refractivity contribution in [1.82, 2.24) is 10.2 Å². The van der Waals surface area contributed by atoms with E-state index in [1.54, 1.807) is 24.1 Å². The van der Waals surface area contributed by atoms with Crippen molar-refractivity contribution in [3.05, 3.63) is 68.4 Å². The summed E-state index contributed by atoms with van der Waals surface area (Å²) >= 11 is 6.91. The molecule has 31 heavy (non-hydrogen) atoms. The fourth-order valence-electron chi connectivity index (χ4n) is 3.88. The molecule has 0 bridgehead atoms. The lowest BCUT2D eigenvalue weighted by Gasteiger charge is -2.38. The number of carbonyl (C=O) groups is 1. The molecule has 0 spiro atoms. The molecular weight excluding hydrogens is 577 g/mol. The van der Waals surface area contributed by atoms with Gasteiger partial charge in [0.2, 0.25) is 5.91 Å². The number of alkyl halides is 1. The quantitative estimate of drug-likeness (QED) is 0.414. The minimum Gasteiger partial charge on any atom is -0.341 e. The van der Waals surface area contributed by atoms with Gasteiger partial charge in [-0.2, -0.15) is 0 Å². The predicted octanol–water partition coefficient (Wildman–Crippen LogP) is 6.42. The van der Waals surface area contributed by atoms with Gasteiger partial charge in [0, 0.05) is 34.9 Å². The van der Waals surface area contributed by atoms with Crippen molar-refractivity contribution < 1.29 is 13.6 Å². The molecule has 0 aromatic heterocycles. The van der Waals surface area contributed by atoms with Gasteiger partial charge in [-0.15, -0.1) is 24.8 Å². The summed E-state index contributed by atoms with van der Waals surface area (Å²) in [5, 5.41) is 3.17. The van der Waals surface area contributed by atoms with Gasteiger partial charge < -0.3 is 10.2 Å². The van der Waals surface area contributed by atoms with E-state index in [1.807, 2.05) is 18.2 Å². The molecule has 1 fully saturated rings. The Morgan fingerprint density at radius 1 is 1.10 bits per heavy atom. The molecule has 9 heteroatoms. The van der Waals surface area contributed by atoms with Gasteiger partial charge in [0.05, 0.1) is 0 Å². The van der Waals surface area contributed by atoms with E-state index in [-0.39, 0.29) is 43.0 Å². The van der Waals surface area contributed by atoms with Crippen LogP contribution in [0, 0.1) is 5.82 Å². The van der Waals surface area contributed by atoms with Gasteiger partial charge in [0.15, 0.2) is 0 Å². The molecular formula is C22H26Br2Cl2F2N2O. The fraction of sp³-hybridized carbons (Fsp3) is 0.409. The lowest BCUT2D eigenvalue weighted by Crippen LogP contribution is -2.44. The molecule has 0 radical (unpaired) electrons. The van der Waals surface area contributed by atoms with Crippen molar-refractivity contribution in [2.45, 2.75) is 37.4 Å². The summed E-state index contributed by atoms with van der Waals surface area (Å²) in [6.07, 6.45) is 0.725. The summed E-state index contributed by atoms with van der Waals surface area (Å²) < 4.78 is 31.1. The summed E-state index contributed by atoms with van der Waals surface area (Å²) in [5.41, 5.74) is 0.151. The van der Waals surface area contributed by atoms with Crippen LogP contribution >= 0.6 is 56.7 Å². The van der Waals surface area contributed by atoms with Gasteiger partial charge in [-0.3, -0.25) is 4.79 Å². The minimum atomic E-state index is -1.49. The highest BCUT2D eigenvalue weighted by Crippen LogP contribution is 2.41.